The molecule has 2 heterocycles. The molecule has 0 aromatic carbocycles. The van der Waals surface area contributed by atoms with Crippen LogP contribution < -0.4 is 15.8 Å². The van der Waals surface area contributed by atoms with E-state index in [-0.39, 0.29) is 36.5 Å². The first-order valence-electron chi connectivity index (χ1n) is 6.86. The average molecular weight is 369 g/mol. The molecule has 0 saturated carbocycles. The van der Waals surface area contributed by atoms with Crippen LogP contribution in [-0.4, -0.2) is 40.9 Å². The molecule has 1 saturated heterocycles. The van der Waals surface area contributed by atoms with E-state index in [4.69, 9.17) is 10.5 Å². The van der Waals surface area contributed by atoms with E-state index in [2.05, 4.69) is 15.3 Å². The lowest BCUT2D eigenvalue weighted by molar-refractivity contribution is -0.145. The summed E-state index contributed by atoms with van der Waals surface area (Å²) in [6, 6.07) is 0.186. The van der Waals surface area contributed by atoms with Crippen LogP contribution in [0.15, 0.2) is 12.3 Å². The maximum Gasteiger partial charge on any atom is 0.451 e. The molecule has 24 heavy (non-hydrogen) atoms. The summed E-state index contributed by atoms with van der Waals surface area (Å²) >= 11 is 0. The second-order valence-corrected chi connectivity index (χ2v) is 5.09. The van der Waals surface area contributed by atoms with Gasteiger partial charge in [-0.1, -0.05) is 0 Å². The fourth-order valence-corrected chi connectivity index (χ4v) is 2.12. The van der Waals surface area contributed by atoms with E-state index in [1.165, 1.54) is 0 Å². The fraction of sp³-hybridized carbons (Fsp3) is 0.538. The van der Waals surface area contributed by atoms with Crippen molar-refractivity contribution in [2.45, 2.75) is 25.1 Å². The number of halogens is 4. The van der Waals surface area contributed by atoms with Crippen LogP contribution in [0, 0.1) is 5.92 Å². The van der Waals surface area contributed by atoms with Gasteiger partial charge in [-0.25, -0.2) is 4.98 Å². The van der Waals surface area contributed by atoms with E-state index >= 15 is 0 Å². The highest BCUT2D eigenvalue weighted by Gasteiger charge is 2.35. The highest BCUT2D eigenvalue weighted by molar-refractivity contribution is 5.87. The molecule has 1 aromatic rings. The minimum absolute atomic E-state index is 0. The molecule has 1 aromatic heterocycles. The van der Waals surface area contributed by atoms with Crippen molar-refractivity contribution < 1.29 is 27.5 Å². The summed E-state index contributed by atoms with van der Waals surface area (Å²) in [6.07, 6.45) is -3.04. The Bertz CT molecular complexity index is 600. The van der Waals surface area contributed by atoms with E-state index in [1.54, 1.807) is 0 Å². The van der Waals surface area contributed by atoms with Gasteiger partial charge in [-0.05, 0) is 12.8 Å². The van der Waals surface area contributed by atoms with Crippen molar-refractivity contribution in [3.05, 3.63) is 18.1 Å². The highest BCUT2D eigenvalue weighted by Crippen LogP contribution is 2.26. The Morgan fingerprint density at radius 1 is 1.50 bits per heavy atom. The number of ether oxygens (including phenoxy) is 1. The lowest BCUT2D eigenvalue weighted by Gasteiger charge is -2.14. The topological polar surface area (TPSA) is 107 Å². The molecule has 11 heteroatoms. The smallest absolute Gasteiger partial charge is 0.451 e. The molecule has 2 unspecified atom stereocenters. The molecule has 0 radical (unpaired) electrons. The summed E-state index contributed by atoms with van der Waals surface area (Å²) in [7, 11) is 0. The fourth-order valence-electron chi connectivity index (χ4n) is 2.12. The van der Waals surface area contributed by atoms with Gasteiger partial charge in [0.25, 0.3) is 0 Å². The number of ketones is 1. The Hall–Kier alpha value is -1.94. The van der Waals surface area contributed by atoms with Crippen molar-refractivity contribution in [2.24, 2.45) is 11.7 Å². The number of nitrogens with two attached hydrogens (primary N) is 1. The molecule has 0 bridgehead atoms. The van der Waals surface area contributed by atoms with Crippen LogP contribution in [0.2, 0.25) is 0 Å². The van der Waals surface area contributed by atoms with Gasteiger partial charge in [0.05, 0.1) is 6.04 Å². The lowest BCUT2D eigenvalue weighted by Crippen LogP contribution is -2.37. The van der Waals surface area contributed by atoms with Crippen molar-refractivity contribution in [3.63, 3.8) is 0 Å². The molecule has 3 N–H and O–H groups in total. The summed E-state index contributed by atoms with van der Waals surface area (Å²) in [6.45, 7) is 0.0197. The average Bonchev–Trinajstić information content (AvgIpc) is 2.89. The lowest BCUT2D eigenvalue weighted by atomic mass is 9.97. The SMILES string of the molecule is Cl.NC(CC1CCNC1=O)C(=O)COc1ccnc(C(F)(F)F)n1. The predicted octanol–water partition coefficient (Wildman–Crippen LogP) is 0.719. The maximum absolute atomic E-state index is 12.5. The molecular formula is C13H16ClF3N4O3. The van der Waals surface area contributed by atoms with E-state index in [0.717, 1.165) is 12.3 Å². The minimum atomic E-state index is -4.70. The number of hydrogen-bond donors (Lipinski definition) is 2. The second kappa shape index (κ2) is 8.25. The molecule has 1 fully saturated rings. The predicted molar refractivity (Wildman–Crippen MR) is 78.5 cm³/mol. The van der Waals surface area contributed by atoms with Gasteiger partial charge in [0.1, 0.15) is 6.61 Å². The first-order chi connectivity index (χ1) is 10.8. The molecule has 0 spiro atoms. The van der Waals surface area contributed by atoms with Crippen molar-refractivity contribution in [1.29, 1.82) is 0 Å². The van der Waals surface area contributed by atoms with Crippen LogP contribution in [0.3, 0.4) is 0 Å². The summed E-state index contributed by atoms with van der Waals surface area (Å²) in [5.41, 5.74) is 5.70. The highest BCUT2D eigenvalue weighted by atomic mass is 35.5. The van der Waals surface area contributed by atoms with E-state index in [0.29, 0.717) is 13.0 Å². The van der Waals surface area contributed by atoms with E-state index in [9.17, 15) is 22.8 Å². The number of nitrogens with one attached hydrogen (secondary N) is 1. The third kappa shape index (κ3) is 5.31. The zero-order valence-electron chi connectivity index (χ0n) is 12.4. The van der Waals surface area contributed by atoms with Gasteiger partial charge >= 0.3 is 6.18 Å². The van der Waals surface area contributed by atoms with Gasteiger partial charge in [0.15, 0.2) is 5.78 Å². The van der Waals surface area contributed by atoms with Crippen LogP contribution in [0.25, 0.3) is 0 Å². The quantitative estimate of drug-likeness (QED) is 0.766. The molecule has 1 aliphatic rings. The number of rotatable bonds is 6. The van der Waals surface area contributed by atoms with Crippen LogP contribution >= 0.6 is 12.4 Å². The van der Waals surface area contributed by atoms with Crippen LogP contribution in [0.1, 0.15) is 18.7 Å². The Labute approximate surface area is 141 Å². The number of amides is 1. The van der Waals surface area contributed by atoms with Gasteiger partial charge in [0.2, 0.25) is 17.6 Å². The zero-order chi connectivity index (χ0) is 17.0. The largest absolute Gasteiger partial charge is 0.470 e. The number of alkyl halides is 3. The Kier molecular flexibility index (Phi) is 6.91. The van der Waals surface area contributed by atoms with E-state index in [1.807, 2.05) is 0 Å². The molecule has 7 nitrogen and oxygen atoms in total. The summed E-state index contributed by atoms with van der Waals surface area (Å²) < 4.78 is 42.3. The second-order valence-electron chi connectivity index (χ2n) is 5.09. The Morgan fingerprint density at radius 3 is 2.79 bits per heavy atom. The molecule has 0 aliphatic carbocycles. The third-order valence-electron chi connectivity index (χ3n) is 3.36. The first kappa shape index (κ1) is 20.1. The standard InChI is InChI=1S/C13H15F3N4O3.ClH/c14-13(15,16)12-19-4-2-10(20-12)23-6-9(21)8(17)5-7-1-3-18-11(7)22;/h2,4,7-8H,1,3,5-6,17H2,(H,18,22);1H. The van der Waals surface area contributed by atoms with Crippen molar-refractivity contribution in [1.82, 2.24) is 15.3 Å². The Balaban J connectivity index is 0.00000288. The molecule has 2 atom stereocenters. The van der Waals surface area contributed by atoms with Crippen LogP contribution in [0.5, 0.6) is 5.88 Å². The minimum Gasteiger partial charge on any atom is -0.470 e. The molecule has 1 amide bonds. The Morgan fingerprint density at radius 2 is 2.21 bits per heavy atom. The van der Waals surface area contributed by atoms with Gasteiger partial charge in [0, 0.05) is 24.7 Å². The van der Waals surface area contributed by atoms with Gasteiger partial charge < -0.3 is 15.8 Å². The third-order valence-corrected chi connectivity index (χ3v) is 3.36. The molecular weight excluding hydrogens is 353 g/mol. The number of aromatic nitrogens is 2. The van der Waals surface area contributed by atoms with Crippen molar-refractivity contribution in [3.8, 4) is 5.88 Å². The van der Waals surface area contributed by atoms with E-state index < -0.39 is 30.4 Å². The zero-order valence-corrected chi connectivity index (χ0v) is 13.2. The monoisotopic (exact) mass is 368 g/mol. The van der Waals surface area contributed by atoms with Gasteiger partial charge in [-0.3, -0.25) is 9.59 Å². The number of carbonyl (C=O) groups excluding carboxylic acids is 2. The van der Waals surface area contributed by atoms with Crippen LogP contribution in [0.4, 0.5) is 13.2 Å². The summed E-state index contributed by atoms with van der Waals surface area (Å²) in [5, 5.41) is 2.63. The summed E-state index contributed by atoms with van der Waals surface area (Å²) in [5.74, 6) is -2.72. The van der Waals surface area contributed by atoms with Gasteiger partial charge in [-0.2, -0.15) is 18.2 Å². The number of Topliss-reactive ketones (excluding diaryl/α,β-unsaturated/α-hetero) is 1. The number of hydrogen-bond acceptors (Lipinski definition) is 6. The number of carbonyl (C=O) groups is 2. The molecule has 1 aliphatic heterocycles. The summed E-state index contributed by atoms with van der Waals surface area (Å²) in [4.78, 5) is 29.5. The van der Waals surface area contributed by atoms with Crippen LogP contribution in [-0.2, 0) is 15.8 Å². The van der Waals surface area contributed by atoms with Crippen molar-refractivity contribution in [2.75, 3.05) is 13.2 Å². The molecule has 134 valence electrons. The molecule has 2 rings (SSSR count). The van der Waals surface area contributed by atoms with Crippen molar-refractivity contribution >= 4 is 24.1 Å². The first-order valence-corrected chi connectivity index (χ1v) is 6.86. The number of nitrogens with zero attached hydrogens (tertiary/aromatic N) is 2. The normalized spacial score (nSPS) is 18.5. The maximum atomic E-state index is 12.5. The van der Waals surface area contributed by atoms with Gasteiger partial charge in [-0.15, -0.1) is 12.4 Å².